The highest BCUT2D eigenvalue weighted by atomic mass is 32.2. The summed E-state index contributed by atoms with van der Waals surface area (Å²) in [6, 6.07) is 12.3. The Hall–Kier alpha value is -2.97. The van der Waals surface area contributed by atoms with Gasteiger partial charge in [-0.1, -0.05) is 25.8 Å². The van der Waals surface area contributed by atoms with Gasteiger partial charge < -0.3 is 19.9 Å². The van der Waals surface area contributed by atoms with Crippen molar-refractivity contribution in [2.75, 3.05) is 35.8 Å². The third-order valence-electron chi connectivity index (χ3n) is 6.45. The summed E-state index contributed by atoms with van der Waals surface area (Å²) in [4.78, 5) is 0.654. The lowest BCUT2D eigenvalue weighted by molar-refractivity contribution is -0.140. The van der Waals surface area contributed by atoms with Gasteiger partial charge in [-0.3, -0.25) is 8.42 Å². The van der Waals surface area contributed by atoms with Crippen molar-refractivity contribution in [1.82, 2.24) is 4.57 Å². The maximum absolute atomic E-state index is 13.5. The van der Waals surface area contributed by atoms with E-state index in [0.717, 1.165) is 18.5 Å². The highest BCUT2D eigenvalue weighted by Gasteiger charge is 2.30. The molecular weight excluding hydrogens is 547 g/mol. The molecule has 2 heterocycles. The van der Waals surface area contributed by atoms with Gasteiger partial charge in [-0.2, -0.15) is 13.2 Å². The number of alkyl halides is 3. The smallest absolute Gasteiger partial charge is 0.406 e. The molecule has 2 aromatic carbocycles. The molecule has 1 saturated heterocycles. The van der Waals surface area contributed by atoms with Gasteiger partial charge >= 0.3 is 6.18 Å². The van der Waals surface area contributed by atoms with Gasteiger partial charge in [0.2, 0.25) is 0 Å². The number of ether oxygens (including phenoxy) is 1. The van der Waals surface area contributed by atoms with E-state index < -0.39 is 34.3 Å². The molecule has 1 aliphatic rings. The lowest BCUT2D eigenvalue weighted by atomic mass is 10.1. The second kappa shape index (κ2) is 12.5. The molecule has 0 aliphatic carbocycles. The molecule has 0 spiro atoms. The monoisotopic (exact) mass is 579 g/mol. The summed E-state index contributed by atoms with van der Waals surface area (Å²) in [6.07, 6.45) is -2.91. The SMILES string of the molecule is COc1cc(S(=O)C(C)C)ccc1NCC#Cc1cc2c(NC3CCS(=O)CC3)cccc2n1CC(F)(F)F. The molecule has 6 nitrogen and oxygen atoms in total. The van der Waals surface area contributed by atoms with Crippen LogP contribution in [0.15, 0.2) is 47.4 Å². The summed E-state index contributed by atoms with van der Waals surface area (Å²) in [5, 5.41) is 7.21. The van der Waals surface area contributed by atoms with E-state index in [9.17, 15) is 21.6 Å². The molecule has 0 saturated carbocycles. The van der Waals surface area contributed by atoms with Crippen LogP contribution in [0.25, 0.3) is 10.9 Å². The van der Waals surface area contributed by atoms with Gasteiger partial charge in [0.15, 0.2) is 0 Å². The molecule has 39 heavy (non-hydrogen) atoms. The van der Waals surface area contributed by atoms with Crippen LogP contribution in [-0.4, -0.2) is 55.6 Å². The second-order valence-corrected chi connectivity index (χ2v) is 13.3. The summed E-state index contributed by atoms with van der Waals surface area (Å²) >= 11 is 0. The van der Waals surface area contributed by atoms with Crippen LogP contribution in [0.3, 0.4) is 0 Å². The van der Waals surface area contributed by atoms with Gasteiger partial charge in [-0.05, 0) is 55.2 Å². The van der Waals surface area contributed by atoms with E-state index in [-0.39, 0.29) is 23.5 Å². The Bertz CT molecular complexity index is 1430. The molecule has 3 aromatic rings. The quantitative estimate of drug-likeness (QED) is 0.344. The molecule has 1 fully saturated rings. The lowest BCUT2D eigenvalue weighted by Gasteiger charge is -2.24. The number of nitrogens with zero attached hydrogens (tertiary/aromatic N) is 1. The van der Waals surface area contributed by atoms with Gasteiger partial charge in [-0.25, -0.2) is 0 Å². The fraction of sp³-hybridized carbons (Fsp3) is 0.429. The number of rotatable bonds is 8. The zero-order valence-corrected chi connectivity index (χ0v) is 23.7. The highest BCUT2D eigenvalue weighted by Crippen LogP contribution is 2.31. The molecular formula is C28H32F3N3O3S2. The molecule has 210 valence electrons. The Morgan fingerprint density at radius 2 is 1.90 bits per heavy atom. The number of fused-ring (bicyclic) bond motifs is 1. The molecule has 2 N–H and O–H groups in total. The number of hydrogen-bond donors (Lipinski definition) is 2. The maximum atomic E-state index is 13.5. The van der Waals surface area contributed by atoms with Crippen molar-refractivity contribution in [3.05, 3.63) is 48.2 Å². The molecule has 1 aromatic heterocycles. The fourth-order valence-electron chi connectivity index (χ4n) is 4.51. The molecule has 1 aliphatic heterocycles. The van der Waals surface area contributed by atoms with Crippen LogP contribution >= 0.6 is 0 Å². The molecule has 0 radical (unpaired) electrons. The Kier molecular flexibility index (Phi) is 9.28. The van der Waals surface area contributed by atoms with Crippen molar-refractivity contribution in [1.29, 1.82) is 0 Å². The van der Waals surface area contributed by atoms with Crippen molar-refractivity contribution in [2.24, 2.45) is 0 Å². The number of aromatic nitrogens is 1. The molecule has 11 heteroatoms. The standard InChI is InChI=1S/C28H32F3N3O3S2/c1-19(2)39(36)22-9-10-25(27(17-22)37-3)32-13-5-6-21-16-23-24(33-20-11-14-38(35)15-12-20)7-4-8-26(23)34(21)18-28(29,30)31/h4,7-10,16-17,19-20,32-33H,11-15,18H2,1-3H3. The van der Waals surface area contributed by atoms with Gasteiger partial charge in [0.05, 0.1) is 41.4 Å². The van der Waals surface area contributed by atoms with Crippen LogP contribution < -0.4 is 15.4 Å². The van der Waals surface area contributed by atoms with Crippen LogP contribution in [0.5, 0.6) is 5.75 Å². The summed E-state index contributed by atoms with van der Waals surface area (Å²) in [7, 11) is -0.444. The van der Waals surface area contributed by atoms with E-state index in [4.69, 9.17) is 4.74 Å². The summed E-state index contributed by atoms with van der Waals surface area (Å²) in [5.41, 5.74) is 2.10. The fourth-order valence-corrected chi connectivity index (χ4v) is 6.78. The van der Waals surface area contributed by atoms with Crippen molar-refractivity contribution in [3.63, 3.8) is 0 Å². The first-order chi connectivity index (χ1) is 18.6. The van der Waals surface area contributed by atoms with E-state index in [2.05, 4.69) is 22.5 Å². The maximum Gasteiger partial charge on any atom is 0.406 e. The third kappa shape index (κ3) is 7.37. The van der Waals surface area contributed by atoms with Crippen LogP contribution in [0, 0.1) is 11.8 Å². The van der Waals surface area contributed by atoms with Gasteiger partial charge in [0.25, 0.3) is 0 Å². The van der Waals surface area contributed by atoms with Crippen molar-refractivity contribution < 1.29 is 26.3 Å². The largest absolute Gasteiger partial charge is 0.495 e. The predicted octanol–water partition coefficient (Wildman–Crippen LogP) is 5.51. The van der Waals surface area contributed by atoms with Crippen molar-refractivity contribution in [3.8, 4) is 17.6 Å². The first-order valence-corrected chi connectivity index (χ1v) is 15.4. The lowest BCUT2D eigenvalue weighted by Crippen LogP contribution is -2.29. The first kappa shape index (κ1) is 29.0. The Morgan fingerprint density at radius 1 is 1.15 bits per heavy atom. The van der Waals surface area contributed by atoms with Crippen LogP contribution in [-0.2, 0) is 28.1 Å². The number of hydrogen-bond acceptors (Lipinski definition) is 5. The van der Waals surface area contributed by atoms with Gasteiger partial charge in [0.1, 0.15) is 12.3 Å². The average Bonchev–Trinajstić information content (AvgIpc) is 3.24. The minimum absolute atomic E-state index is 0.0354. The molecule has 0 amide bonds. The third-order valence-corrected chi connectivity index (χ3v) is 9.40. The van der Waals surface area contributed by atoms with Crippen LogP contribution in [0.2, 0.25) is 0 Å². The van der Waals surface area contributed by atoms with E-state index in [1.54, 1.807) is 36.4 Å². The predicted molar refractivity (Wildman–Crippen MR) is 152 cm³/mol. The molecule has 1 atom stereocenters. The van der Waals surface area contributed by atoms with Crippen molar-refractivity contribution in [2.45, 2.75) is 55.6 Å². The number of benzene rings is 2. The number of anilines is 2. The first-order valence-electron chi connectivity index (χ1n) is 12.7. The zero-order chi connectivity index (χ0) is 28.2. The number of halogens is 3. The number of methoxy groups -OCH3 is 1. The average molecular weight is 580 g/mol. The van der Waals surface area contributed by atoms with Crippen LogP contribution in [0.1, 0.15) is 32.4 Å². The van der Waals surface area contributed by atoms with E-state index in [1.165, 1.54) is 11.7 Å². The summed E-state index contributed by atoms with van der Waals surface area (Å²) < 4.78 is 71.3. The zero-order valence-electron chi connectivity index (χ0n) is 22.1. The molecule has 4 rings (SSSR count). The van der Waals surface area contributed by atoms with E-state index in [0.29, 0.717) is 38.7 Å². The van der Waals surface area contributed by atoms with E-state index >= 15 is 0 Å². The Labute approximate surface area is 231 Å². The Morgan fingerprint density at radius 3 is 2.56 bits per heavy atom. The van der Waals surface area contributed by atoms with Crippen molar-refractivity contribution >= 4 is 43.9 Å². The minimum atomic E-state index is -4.41. The Balaban J connectivity index is 1.57. The van der Waals surface area contributed by atoms with Gasteiger partial charge in [0, 0.05) is 49.6 Å². The topological polar surface area (TPSA) is 72.4 Å². The number of nitrogens with one attached hydrogen (secondary N) is 2. The second-order valence-electron chi connectivity index (χ2n) is 9.60. The molecule has 0 bridgehead atoms. The summed E-state index contributed by atoms with van der Waals surface area (Å²) in [6.45, 7) is 2.77. The van der Waals surface area contributed by atoms with Gasteiger partial charge in [-0.15, -0.1) is 0 Å². The van der Waals surface area contributed by atoms with Crippen LogP contribution in [0.4, 0.5) is 24.5 Å². The highest BCUT2D eigenvalue weighted by molar-refractivity contribution is 7.85. The van der Waals surface area contributed by atoms with E-state index in [1.807, 2.05) is 19.9 Å². The summed E-state index contributed by atoms with van der Waals surface area (Å²) in [5.74, 6) is 7.59. The minimum Gasteiger partial charge on any atom is -0.495 e. The normalized spacial score (nSPS) is 18.4. The molecule has 1 unspecified atom stereocenters.